The van der Waals surface area contributed by atoms with E-state index in [0.29, 0.717) is 12.4 Å². The number of amides is 1. The van der Waals surface area contributed by atoms with Gasteiger partial charge >= 0.3 is 0 Å². The van der Waals surface area contributed by atoms with Gasteiger partial charge in [-0.2, -0.15) is 5.10 Å². The fourth-order valence-electron chi connectivity index (χ4n) is 2.17. The van der Waals surface area contributed by atoms with Crippen LogP contribution in [0.15, 0.2) is 36.7 Å². The summed E-state index contributed by atoms with van der Waals surface area (Å²) in [5.41, 5.74) is 2.72. The third kappa shape index (κ3) is 2.16. The monoisotopic (exact) mass is 269 g/mol. The van der Waals surface area contributed by atoms with Crippen molar-refractivity contribution < 1.29 is 4.79 Å². The van der Waals surface area contributed by atoms with Gasteiger partial charge in [-0.25, -0.2) is 4.98 Å². The smallest absolute Gasteiger partial charge is 0.287 e. The Kier molecular flexibility index (Phi) is 2.98. The van der Waals surface area contributed by atoms with Crippen LogP contribution in [0.2, 0.25) is 0 Å². The van der Waals surface area contributed by atoms with Gasteiger partial charge in [-0.1, -0.05) is 12.1 Å². The molecule has 1 aromatic carbocycles. The normalized spacial score (nSPS) is 10.9. The first-order valence-corrected chi connectivity index (χ1v) is 6.32. The van der Waals surface area contributed by atoms with E-state index < -0.39 is 0 Å². The Morgan fingerprint density at radius 2 is 2.10 bits per heavy atom. The lowest BCUT2D eigenvalue weighted by Gasteiger charge is -2.03. The minimum Gasteiger partial charge on any atom is -0.345 e. The molecule has 1 amide bonds. The lowest BCUT2D eigenvalue weighted by atomic mass is 10.3. The molecule has 0 radical (unpaired) electrons. The van der Waals surface area contributed by atoms with Crippen molar-refractivity contribution in [3.8, 4) is 0 Å². The van der Waals surface area contributed by atoms with E-state index in [9.17, 15) is 4.79 Å². The maximum Gasteiger partial charge on any atom is 0.287 e. The van der Waals surface area contributed by atoms with E-state index in [1.165, 1.54) is 0 Å². The summed E-state index contributed by atoms with van der Waals surface area (Å²) >= 11 is 0. The molecule has 2 heterocycles. The average molecular weight is 269 g/mol. The quantitative estimate of drug-likeness (QED) is 0.778. The van der Waals surface area contributed by atoms with Crippen molar-refractivity contribution in [2.75, 3.05) is 0 Å². The molecule has 0 aliphatic rings. The van der Waals surface area contributed by atoms with Crippen LogP contribution in [-0.2, 0) is 20.6 Å². The fourth-order valence-corrected chi connectivity index (χ4v) is 2.17. The lowest BCUT2D eigenvalue weighted by molar-refractivity contribution is 0.0938. The number of fused-ring (bicyclic) bond motifs is 1. The Balaban J connectivity index is 1.80. The third-order valence-corrected chi connectivity index (χ3v) is 3.20. The highest BCUT2D eigenvalue weighted by Crippen LogP contribution is 2.14. The average Bonchev–Trinajstić information content (AvgIpc) is 3.01. The number of nitrogens with one attached hydrogen (secondary N) is 1. The molecule has 0 saturated carbocycles. The molecule has 6 nitrogen and oxygen atoms in total. The number of rotatable bonds is 3. The van der Waals surface area contributed by atoms with Crippen molar-refractivity contribution >= 4 is 16.9 Å². The van der Waals surface area contributed by atoms with Gasteiger partial charge in [-0.05, 0) is 12.1 Å². The number of imidazole rings is 1. The van der Waals surface area contributed by atoms with Crippen LogP contribution in [0.4, 0.5) is 0 Å². The van der Waals surface area contributed by atoms with E-state index >= 15 is 0 Å². The highest BCUT2D eigenvalue weighted by Gasteiger charge is 2.14. The standard InChI is InChI=1S/C14H15N5O/c1-18-9-10(8-16-18)7-15-14(20)13-17-11-5-3-4-6-12(11)19(13)2/h3-6,8-9H,7H2,1-2H3,(H,15,20). The molecule has 0 fully saturated rings. The number of carbonyl (C=O) groups is 1. The number of nitrogens with zero attached hydrogens (tertiary/aromatic N) is 4. The molecule has 3 rings (SSSR count). The number of hydrogen-bond donors (Lipinski definition) is 1. The zero-order valence-electron chi connectivity index (χ0n) is 11.4. The van der Waals surface area contributed by atoms with Crippen molar-refractivity contribution in [2.45, 2.75) is 6.54 Å². The molecule has 0 spiro atoms. The maximum absolute atomic E-state index is 12.2. The molecule has 0 atom stereocenters. The number of benzene rings is 1. The number of aryl methyl sites for hydroxylation is 2. The number of carbonyl (C=O) groups excluding carboxylic acids is 1. The second-order valence-corrected chi connectivity index (χ2v) is 4.69. The maximum atomic E-state index is 12.2. The first-order chi connectivity index (χ1) is 9.65. The van der Waals surface area contributed by atoms with Crippen molar-refractivity contribution in [1.29, 1.82) is 0 Å². The molecular weight excluding hydrogens is 254 g/mol. The van der Waals surface area contributed by atoms with Crippen molar-refractivity contribution in [2.24, 2.45) is 14.1 Å². The van der Waals surface area contributed by atoms with Gasteiger partial charge < -0.3 is 9.88 Å². The second kappa shape index (κ2) is 4.80. The van der Waals surface area contributed by atoms with E-state index in [4.69, 9.17) is 0 Å². The Hall–Kier alpha value is -2.63. The topological polar surface area (TPSA) is 64.7 Å². The second-order valence-electron chi connectivity index (χ2n) is 4.69. The minimum absolute atomic E-state index is 0.187. The Labute approximate surface area is 116 Å². The molecule has 2 aromatic heterocycles. The molecule has 3 aromatic rings. The largest absolute Gasteiger partial charge is 0.345 e. The van der Waals surface area contributed by atoms with E-state index in [1.807, 2.05) is 44.6 Å². The SMILES string of the molecule is Cn1cc(CNC(=O)c2nc3ccccc3n2C)cn1. The summed E-state index contributed by atoms with van der Waals surface area (Å²) in [6.07, 6.45) is 3.60. The Morgan fingerprint density at radius 3 is 2.80 bits per heavy atom. The molecular formula is C14H15N5O. The van der Waals surface area contributed by atoms with Crippen LogP contribution in [0.25, 0.3) is 11.0 Å². The van der Waals surface area contributed by atoms with Crippen molar-refractivity contribution in [3.63, 3.8) is 0 Å². The molecule has 1 N–H and O–H groups in total. The summed E-state index contributed by atoms with van der Waals surface area (Å²) in [6, 6.07) is 7.68. The van der Waals surface area contributed by atoms with Crippen LogP contribution < -0.4 is 5.32 Å². The van der Waals surface area contributed by atoms with Crippen LogP contribution in [0.1, 0.15) is 16.2 Å². The zero-order chi connectivity index (χ0) is 14.1. The van der Waals surface area contributed by atoms with Crippen molar-refractivity contribution in [3.05, 3.63) is 48.0 Å². The van der Waals surface area contributed by atoms with E-state index in [2.05, 4.69) is 15.4 Å². The summed E-state index contributed by atoms with van der Waals surface area (Å²) in [5, 5.41) is 6.92. The number of hydrogen-bond acceptors (Lipinski definition) is 3. The predicted octanol–water partition coefficient (Wildman–Crippen LogP) is 1.24. The summed E-state index contributed by atoms with van der Waals surface area (Å²) in [4.78, 5) is 16.6. The van der Waals surface area contributed by atoms with Gasteiger partial charge in [0.2, 0.25) is 0 Å². The number of aromatic nitrogens is 4. The van der Waals surface area contributed by atoms with Gasteiger partial charge in [0.25, 0.3) is 5.91 Å². The zero-order valence-corrected chi connectivity index (χ0v) is 11.4. The minimum atomic E-state index is -0.187. The van der Waals surface area contributed by atoms with Crippen LogP contribution in [0.3, 0.4) is 0 Å². The highest BCUT2D eigenvalue weighted by molar-refractivity contribution is 5.94. The summed E-state index contributed by atoms with van der Waals surface area (Å²) in [5.74, 6) is 0.225. The molecule has 0 bridgehead atoms. The van der Waals surface area contributed by atoms with Gasteiger partial charge in [0, 0.05) is 32.4 Å². The number of para-hydroxylation sites is 2. The molecule has 6 heteroatoms. The molecule has 20 heavy (non-hydrogen) atoms. The Morgan fingerprint density at radius 1 is 1.30 bits per heavy atom. The van der Waals surface area contributed by atoms with Gasteiger partial charge in [0.05, 0.1) is 17.2 Å². The first-order valence-electron chi connectivity index (χ1n) is 6.32. The van der Waals surface area contributed by atoms with Crippen LogP contribution in [0.5, 0.6) is 0 Å². The molecule has 0 aliphatic carbocycles. The first kappa shape index (κ1) is 12.4. The molecule has 102 valence electrons. The summed E-state index contributed by atoms with van der Waals surface area (Å²) in [7, 11) is 3.69. The van der Waals surface area contributed by atoms with Crippen LogP contribution in [0, 0.1) is 0 Å². The predicted molar refractivity (Wildman–Crippen MR) is 75.1 cm³/mol. The van der Waals surface area contributed by atoms with Gasteiger partial charge in [-0.15, -0.1) is 0 Å². The fraction of sp³-hybridized carbons (Fsp3) is 0.214. The van der Waals surface area contributed by atoms with E-state index in [-0.39, 0.29) is 5.91 Å². The van der Waals surface area contributed by atoms with Gasteiger partial charge in [0.1, 0.15) is 0 Å². The van der Waals surface area contributed by atoms with Crippen molar-refractivity contribution in [1.82, 2.24) is 24.6 Å². The summed E-state index contributed by atoms with van der Waals surface area (Å²) < 4.78 is 3.50. The molecule has 0 unspecified atom stereocenters. The van der Waals surface area contributed by atoms with Gasteiger partial charge in [-0.3, -0.25) is 9.48 Å². The Bertz CT molecular complexity index is 771. The molecule has 0 saturated heterocycles. The highest BCUT2D eigenvalue weighted by atomic mass is 16.2. The van der Waals surface area contributed by atoms with E-state index in [1.54, 1.807) is 15.4 Å². The molecule has 0 aliphatic heterocycles. The van der Waals surface area contributed by atoms with Crippen LogP contribution in [-0.4, -0.2) is 25.2 Å². The lowest BCUT2D eigenvalue weighted by Crippen LogP contribution is -2.25. The van der Waals surface area contributed by atoms with Crippen LogP contribution >= 0.6 is 0 Å². The summed E-state index contributed by atoms with van der Waals surface area (Å²) in [6.45, 7) is 0.440. The van der Waals surface area contributed by atoms with E-state index in [0.717, 1.165) is 16.6 Å². The third-order valence-electron chi connectivity index (χ3n) is 3.20. The van der Waals surface area contributed by atoms with Gasteiger partial charge in [0.15, 0.2) is 5.82 Å².